The molecule has 1 unspecified atom stereocenters. The molecular weight excluding hydrogens is 535 g/mol. The maximum Gasteiger partial charge on any atom is 0.251 e. The Morgan fingerprint density at radius 1 is 1.18 bits per heavy atom. The van der Waals surface area contributed by atoms with Crippen LogP contribution in [0.25, 0.3) is 11.3 Å². The van der Waals surface area contributed by atoms with Crippen LogP contribution in [0.15, 0.2) is 59.8 Å². The molecule has 11 heteroatoms. The van der Waals surface area contributed by atoms with Gasteiger partial charge in [-0.25, -0.2) is 14.4 Å². The summed E-state index contributed by atoms with van der Waals surface area (Å²) in [6, 6.07) is 9.14. The van der Waals surface area contributed by atoms with Crippen molar-refractivity contribution >= 4 is 31.6 Å². The van der Waals surface area contributed by atoms with Crippen molar-refractivity contribution in [3.8, 4) is 11.3 Å². The van der Waals surface area contributed by atoms with Crippen LogP contribution in [-0.4, -0.2) is 39.2 Å². The number of halogens is 2. The van der Waals surface area contributed by atoms with E-state index in [4.69, 9.17) is 16.0 Å². The van der Waals surface area contributed by atoms with Gasteiger partial charge in [0.15, 0.2) is 8.32 Å². The van der Waals surface area contributed by atoms with E-state index < -0.39 is 20.2 Å². The summed E-state index contributed by atoms with van der Waals surface area (Å²) in [6.45, 7) is 12.9. The van der Waals surface area contributed by atoms with Crippen LogP contribution in [-0.2, 0) is 11.5 Å². The summed E-state index contributed by atoms with van der Waals surface area (Å²) in [6.07, 6.45) is 5.18. The molecule has 1 aromatic carbocycles. The molecule has 0 amide bonds. The zero-order chi connectivity index (χ0) is 28.5. The highest BCUT2D eigenvalue weighted by molar-refractivity contribution is 6.74. The normalized spacial score (nSPS) is 12.9. The Kier molecular flexibility index (Phi) is 8.11. The second-order valence-corrected chi connectivity index (χ2v) is 16.3. The minimum atomic E-state index is -2.15. The molecule has 0 aliphatic rings. The quantitative estimate of drug-likeness (QED) is 0.244. The number of nitrogens with zero attached hydrogens (tertiary/aromatic N) is 5. The van der Waals surface area contributed by atoms with Crippen LogP contribution in [0.2, 0.25) is 23.2 Å². The number of hydrogen-bond donors (Lipinski definition) is 1. The summed E-state index contributed by atoms with van der Waals surface area (Å²) in [7, 11) is -0.304. The number of hydrogen-bond acceptors (Lipinski definition) is 6. The molecule has 3 heterocycles. The average Bonchev–Trinajstić information content (AvgIpc) is 3.17. The number of anilines is 2. The Morgan fingerprint density at radius 3 is 2.54 bits per heavy atom. The van der Waals surface area contributed by atoms with Crippen molar-refractivity contribution in [3.05, 3.63) is 87.4 Å². The van der Waals surface area contributed by atoms with Crippen LogP contribution in [0, 0.1) is 12.7 Å². The van der Waals surface area contributed by atoms with Gasteiger partial charge in [-0.05, 0) is 54.9 Å². The molecule has 0 bridgehead atoms. The topological polar surface area (TPSA) is 86.9 Å². The molecule has 4 aromatic rings. The number of pyridine rings is 1. The van der Waals surface area contributed by atoms with Crippen molar-refractivity contribution in [3.63, 3.8) is 0 Å². The molecule has 1 N–H and O–H groups in total. The summed E-state index contributed by atoms with van der Waals surface area (Å²) < 4.78 is 24.2. The van der Waals surface area contributed by atoms with E-state index >= 15 is 0 Å². The lowest BCUT2D eigenvalue weighted by Crippen LogP contribution is -2.43. The van der Waals surface area contributed by atoms with Gasteiger partial charge >= 0.3 is 0 Å². The lowest BCUT2D eigenvalue weighted by Gasteiger charge is -2.37. The van der Waals surface area contributed by atoms with Gasteiger partial charge in [-0.3, -0.25) is 9.48 Å². The predicted octanol–water partition coefficient (Wildman–Crippen LogP) is 6.49. The predicted molar refractivity (Wildman–Crippen MR) is 156 cm³/mol. The molecule has 0 aliphatic heterocycles. The van der Waals surface area contributed by atoms with Crippen LogP contribution >= 0.6 is 11.6 Å². The minimum absolute atomic E-state index is 0.0231. The average molecular weight is 569 g/mol. The van der Waals surface area contributed by atoms with E-state index in [9.17, 15) is 9.18 Å². The van der Waals surface area contributed by atoms with Crippen molar-refractivity contribution < 1.29 is 8.82 Å². The Morgan fingerprint density at radius 2 is 1.92 bits per heavy atom. The fourth-order valence-electron chi connectivity index (χ4n) is 3.89. The highest BCUT2D eigenvalue weighted by atomic mass is 35.5. The third-order valence-corrected chi connectivity index (χ3v) is 12.0. The summed E-state index contributed by atoms with van der Waals surface area (Å²) in [5, 5.41) is 7.50. The first-order chi connectivity index (χ1) is 18.2. The number of rotatable bonds is 8. The maximum atomic E-state index is 14.4. The van der Waals surface area contributed by atoms with Gasteiger partial charge in [-0.15, -0.1) is 0 Å². The smallest absolute Gasteiger partial charge is 0.251 e. The first-order valence-corrected chi connectivity index (χ1v) is 16.0. The molecule has 0 spiro atoms. The van der Waals surface area contributed by atoms with E-state index in [1.807, 2.05) is 26.2 Å². The van der Waals surface area contributed by atoms with Crippen LogP contribution in [0.5, 0.6) is 0 Å². The van der Waals surface area contributed by atoms with Crippen molar-refractivity contribution in [1.29, 1.82) is 0 Å². The second kappa shape index (κ2) is 11.0. The lowest BCUT2D eigenvalue weighted by molar-refractivity contribution is 0.246. The van der Waals surface area contributed by atoms with Gasteiger partial charge in [-0.2, -0.15) is 5.10 Å². The van der Waals surface area contributed by atoms with Crippen molar-refractivity contribution in [2.45, 2.75) is 51.9 Å². The molecule has 8 nitrogen and oxygen atoms in total. The van der Waals surface area contributed by atoms with Crippen LogP contribution < -0.4 is 10.9 Å². The Hall–Kier alpha value is -3.34. The molecule has 39 heavy (non-hydrogen) atoms. The third-order valence-electron chi connectivity index (χ3n) is 7.23. The Bertz CT molecular complexity index is 1550. The van der Waals surface area contributed by atoms with Gasteiger partial charge in [0.1, 0.15) is 5.82 Å². The van der Waals surface area contributed by atoms with Crippen LogP contribution in [0.3, 0.4) is 0 Å². The van der Waals surface area contributed by atoms with E-state index in [1.165, 1.54) is 18.2 Å². The molecule has 0 aliphatic carbocycles. The van der Waals surface area contributed by atoms with Gasteiger partial charge in [0.2, 0.25) is 5.95 Å². The summed E-state index contributed by atoms with van der Waals surface area (Å²) >= 11 is 5.94. The Balaban J connectivity index is 1.67. The van der Waals surface area contributed by atoms with Crippen LogP contribution in [0.4, 0.5) is 16.0 Å². The van der Waals surface area contributed by atoms with Gasteiger partial charge in [0.25, 0.3) is 5.56 Å². The highest BCUT2D eigenvalue weighted by Gasteiger charge is 2.38. The number of benzene rings is 1. The SMILES string of the molecule is Cc1nn(C)cc1Nc1nccc(-c2ccn(C(CO[Si](C)(C)C(C)(C)C)c3ccc(Cl)c(F)c3)c(=O)c2)n1. The summed E-state index contributed by atoms with van der Waals surface area (Å²) in [5.41, 5.74) is 3.18. The van der Waals surface area contributed by atoms with E-state index in [2.05, 4.69) is 54.2 Å². The first-order valence-electron chi connectivity index (χ1n) is 12.7. The fourth-order valence-corrected chi connectivity index (χ4v) is 5.01. The summed E-state index contributed by atoms with van der Waals surface area (Å²) in [4.78, 5) is 22.3. The largest absolute Gasteiger partial charge is 0.414 e. The maximum absolute atomic E-state index is 14.4. The number of aryl methyl sites for hydroxylation is 2. The first kappa shape index (κ1) is 28.7. The standard InChI is InChI=1S/C28H34ClFN6O2Si/c1-18-24(16-35(5)34-18)33-27-31-12-10-23(32-27)19-11-13-36(26(37)15-19)25(17-38-39(6,7)28(2,3)4)20-8-9-21(29)22(30)14-20/h8-16,25H,17H2,1-7H3,(H,31,32,33). The van der Waals surface area contributed by atoms with Gasteiger partial charge < -0.3 is 14.3 Å². The van der Waals surface area contributed by atoms with E-state index in [0.717, 1.165) is 11.4 Å². The molecule has 4 rings (SSSR count). The third kappa shape index (κ3) is 6.46. The Labute approximate surface area is 234 Å². The second-order valence-electron chi connectivity index (χ2n) is 11.1. The van der Waals surface area contributed by atoms with Gasteiger partial charge in [-0.1, -0.05) is 38.4 Å². The molecular formula is C28H34ClFN6O2Si. The van der Waals surface area contributed by atoms with Crippen molar-refractivity contribution in [1.82, 2.24) is 24.3 Å². The van der Waals surface area contributed by atoms with Crippen LogP contribution in [0.1, 0.15) is 38.1 Å². The minimum Gasteiger partial charge on any atom is -0.414 e. The van der Waals surface area contributed by atoms with Crippen molar-refractivity contribution in [2.75, 3.05) is 11.9 Å². The van der Waals surface area contributed by atoms with Crippen molar-refractivity contribution in [2.24, 2.45) is 7.05 Å². The molecule has 0 radical (unpaired) electrons. The highest BCUT2D eigenvalue weighted by Crippen LogP contribution is 2.37. The van der Waals surface area contributed by atoms with Gasteiger partial charge in [0, 0.05) is 37.3 Å². The zero-order valence-corrected chi connectivity index (χ0v) is 25.0. The summed E-state index contributed by atoms with van der Waals surface area (Å²) in [5.74, 6) is -0.147. The zero-order valence-electron chi connectivity index (χ0n) is 23.3. The van der Waals surface area contributed by atoms with Gasteiger partial charge in [0.05, 0.1) is 34.7 Å². The number of nitrogens with one attached hydrogen (secondary N) is 1. The molecule has 0 fully saturated rings. The van der Waals surface area contributed by atoms with E-state index in [1.54, 1.807) is 33.8 Å². The molecule has 3 aromatic heterocycles. The molecule has 0 saturated heterocycles. The fraction of sp³-hybridized carbons (Fsp3) is 0.357. The molecule has 1 atom stereocenters. The molecule has 206 valence electrons. The monoisotopic (exact) mass is 568 g/mol. The van der Waals surface area contributed by atoms with E-state index in [0.29, 0.717) is 22.8 Å². The van der Waals surface area contributed by atoms with E-state index in [-0.39, 0.29) is 22.2 Å². The lowest BCUT2D eigenvalue weighted by atomic mass is 10.1. The number of aromatic nitrogens is 5. The molecule has 0 saturated carbocycles.